The maximum Gasteiger partial charge on any atom is 0.187 e. The summed E-state index contributed by atoms with van der Waals surface area (Å²) in [6.45, 7) is 0. The summed E-state index contributed by atoms with van der Waals surface area (Å²) < 4.78 is 1.89. The van der Waals surface area contributed by atoms with Gasteiger partial charge in [0.2, 0.25) is 0 Å². The smallest absolute Gasteiger partial charge is 0.187 e. The molecule has 2 fully saturated rings. The van der Waals surface area contributed by atoms with Gasteiger partial charge < -0.3 is 10.3 Å². The summed E-state index contributed by atoms with van der Waals surface area (Å²) in [6.07, 6.45) is 12.8. The lowest BCUT2D eigenvalue weighted by Gasteiger charge is -2.22. The third-order valence-corrected chi connectivity index (χ3v) is 5.90. The van der Waals surface area contributed by atoms with Crippen LogP contribution in [0.1, 0.15) is 63.6 Å². The van der Waals surface area contributed by atoms with Crippen molar-refractivity contribution in [3.63, 3.8) is 0 Å². The first-order chi connectivity index (χ1) is 13.2. The summed E-state index contributed by atoms with van der Waals surface area (Å²) in [4.78, 5) is 12.8. The van der Waals surface area contributed by atoms with Gasteiger partial charge in [-0.25, -0.2) is 15.0 Å². The Labute approximate surface area is 161 Å². The number of imidazole rings is 1. The summed E-state index contributed by atoms with van der Waals surface area (Å²) in [5, 5.41) is 0. The predicted molar refractivity (Wildman–Crippen MR) is 107 cm³/mol. The Morgan fingerprint density at radius 2 is 1.52 bits per heavy atom. The lowest BCUT2D eigenvalue weighted by Crippen LogP contribution is -2.12. The first kappa shape index (κ1) is 17.9. The molecule has 0 spiro atoms. The van der Waals surface area contributed by atoms with Crippen molar-refractivity contribution in [2.75, 3.05) is 5.73 Å². The Bertz CT molecular complexity index is 922. The fraction of sp³-hybridized carbons (Fsp3) is 0.591. The van der Waals surface area contributed by atoms with E-state index in [0.29, 0.717) is 34.9 Å². The van der Waals surface area contributed by atoms with Crippen LogP contribution in [-0.4, -0.2) is 19.5 Å². The van der Waals surface area contributed by atoms with E-state index in [1.165, 1.54) is 51.3 Å². The number of nitrogens with zero attached hydrogens (tertiary/aromatic N) is 4. The van der Waals surface area contributed by atoms with Gasteiger partial charge in [-0.2, -0.15) is 0 Å². The van der Waals surface area contributed by atoms with E-state index in [4.69, 9.17) is 5.73 Å². The molecule has 0 aliphatic heterocycles. The fourth-order valence-corrected chi connectivity index (χ4v) is 4.16. The van der Waals surface area contributed by atoms with Crippen LogP contribution in [0.25, 0.3) is 11.2 Å². The number of aromatic nitrogens is 4. The highest BCUT2D eigenvalue weighted by Gasteiger charge is 2.19. The van der Waals surface area contributed by atoms with Gasteiger partial charge in [0.15, 0.2) is 22.8 Å². The largest absolute Gasteiger partial charge is 0.382 e. The van der Waals surface area contributed by atoms with Gasteiger partial charge in [-0.1, -0.05) is 37.0 Å². The topological polar surface area (TPSA) is 69.6 Å². The molecule has 0 unspecified atom stereocenters. The molecule has 0 atom stereocenters. The monoisotopic (exact) mass is 361 g/mol. The lowest BCUT2D eigenvalue weighted by atomic mass is 9.82. The average molecular weight is 361 g/mol. The minimum atomic E-state index is 0.403. The van der Waals surface area contributed by atoms with Gasteiger partial charge in [0.05, 0.1) is 0 Å². The molecule has 0 saturated heterocycles. The maximum atomic E-state index is 5.89. The summed E-state index contributed by atoms with van der Waals surface area (Å²) >= 11 is 0. The third-order valence-electron chi connectivity index (χ3n) is 5.90. The molecule has 5 nitrogen and oxygen atoms in total. The zero-order valence-electron chi connectivity index (χ0n) is 16.0. The zero-order chi connectivity index (χ0) is 18.6. The lowest BCUT2D eigenvalue weighted by molar-refractivity contribution is 0.371. The van der Waals surface area contributed by atoms with Gasteiger partial charge in [-0.05, 0) is 44.4 Å². The number of aryl methyl sites for hydroxylation is 1. The van der Waals surface area contributed by atoms with E-state index in [2.05, 4.69) is 38.6 Å². The van der Waals surface area contributed by atoms with E-state index in [9.17, 15) is 0 Å². The minimum absolute atomic E-state index is 0.403. The molecular weight excluding hydrogens is 334 g/mol. The van der Waals surface area contributed by atoms with Crippen LogP contribution >= 0.6 is 0 Å². The normalized spacial score (nSPS) is 23.3. The van der Waals surface area contributed by atoms with Gasteiger partial charge in [0, 0.05) is 24.8 Å². The first-order valence-corrected chi connectivity index (χ1v) is 10.2. The van der Waals surface area contributed by atoms with Crippen molar-refractivity contribution in [3.8, 4) is 23.7 Å². The fourth-order valence-electron chi connectivity index (χ4n) is 4.16. The number of hydrogen-bond donors (Lipinski definition) is 1. The molecule has 27 heavy (non-hydrogen) atoms. The van der Waals surface area contributed by atoms with Crippen LogP contribution in [0, 0.1) is 41.4 Å². The molecule has 2 saturated carbocycles. The van der Waals surface area contributed by atoms with Crippen LogP contribution in [0.3, 0.4) is 0 Å². The summed E-state index contributed by atoms with van der Waals surface area (Å²) in [5.74, 6) is 16.6. The molecule has 0 aromatic carbocycles. The first-order valence-electron chi connectivity index (χ1n) is 10.2. The highest BCUT2D eigenvalue weighted by Crippen LogP contribution is 2.29. The molecule has 2 aliphatic rings. The Morgan fingerprint density at radius 1 is 0.889 bits per heavy atom. The second kappa shape index (κ2) is 8.01. The van der Waals surface area contributed by atoms with Crippen molar-refractivity contribution in [1.82, 2.24) is 19.5 Å². The highest BCUT2D eigenvalue weighted by molar-refractivity contribution is 5.82. The van der Waals surface area contributed by atoms with Crippen molar-refractivity contribution in [1.29, 1.82) is 0 Å². The number of fused-ring (bicyclic) bond motifs is 1. The van der Waals surface area contributed by atoms with E-state index < -0.39 is 0 Å². The number of nitrogens with two attached hydrogens (primary N) is 1. The summed E-state index contributed by atoms with van der Waals surface area (Å²) in [6, 6.07) is 0. The summed E-state index contributed by atoms with van der Waals surface area (Å²) in [5.41, 5.74) is 7.25. The number of hydrogen-bond acceptors (Lipinski definition) is 4. The number of anilines is 1. The van der Waals surface area contributed by atoms with Crippen LogP contribution in [0.4, 0.5) is 5.82 Å². The van der Waals surface area contributed by atoms with Gasteiger partial charge in [-0.3, -0.25) is 0 Å². The molecule has 0 amide bonds. The van der Waals surface area contributed by atoms with Crippen molar-refractivity contribution in [2.24, 2.45) is 24.8 Å². The SMILES string of the molecule is Cn1c(C#CC2CCC(C#CC3CCCCC3)CC2)nc2c(N)ncnc21. The Hall–Kier alpha value is -2.53. The van der Waals surface area contributed by atoms with Crippen LogP contribution in [0.2, 0.25) is 0 Å². The molecule has 2 N–H and O–H groups in total. The van der Waals surface area contributed by atoms with Crippen LogP contribution in [-0.2, 0) is 7.05 Å². The van der Waals surface area contributed by atoms with E-state index in [-0.39, 0.29) is 0 Å². The van der Waals surface area contributed by atoms with Crippen LogP contribution in [0.5, 0.6) is 0 Å². The molecule has 5 heteroatoms. The molecule has 2 aliphatic carbocycles. The summed E-state index contributed by atoms with van der Waals surface area (Å²) in [7, 11) is 1.92. The van der Waals surface area contributed by atoms with E-state index in [0.717, 1.165) is 18.5 Å². The zero-order valence-corrected chi connectivity index (χ0v) is 16.0. The second-order valence-electron chi connectivity index (χ2n) is 7.87. The number of nitrogen functional groups attached to an aromatic ring is 1. The quantitative estimate of drug-likeness (QED) is 0.727. The van der Waals surface area contributed by atoms with Crippen molar-refractivity contribution in [2.45, 2.75) is 57.8 Å². The second-order valence-corrected chi connectivity index (χ2v) is 7.87. The standard InChI is InChI=1S/C22H27N5/c1-27-19(26-20-21(23)24-15-25-22(20)27)14-13-18-11-9-17(10-12-18)8-7-16-5-3-2-4-6-16/h15-18H,2-6,9-12H2,1H3,(H2,23,24,25). The minimum Gasteiger partial charge on any atom is -0.382 e. The molecular formula is C22H27N5. The average Bonchev–Trinajstić information content (AvgIpc) is 3.04. The van der Waals surface area contributed by atoms with Gasteiger partial charge in [0.1, 0.15) is 6.33 Å². The van der Waals surface area contributed by atoms with E-state index >= 15 is 0 Å². The van der Waals surface area contributed by atoms with E-state index in [1.54, 1.807) is 0 Å². The van der Waals surface area contributed by atoms with Crippen LogP contribution in [0.15, 0.2) is 6.33 Å². The van der Waals surface area contributed by atoms with Crippen molar-refractivity contribution >= 4 is 17.0 Å². The maximum absolute atomic E-state index is 5.89. The van der Waals surface area contributed by atoms with Crippen molar-refractivity contribution < 1.29 is 0 Å². The molecule has 0 radical (unpaired) electrons. The Kier molecular flexibility index (Phi) is 5.30. The van der Waals surface area contributed by atoms with Gasteiger partial charge in [0.25, 0.3) is 0 Å². The molecule has 4 rings (SSSR count). The Balaban J connectivity index is 1.37. The molecule has 2 aromatic heterocycles. The molecule has 140 valence electrons. The Morgan fingerprint density at radius 3 is 2.19 bits per heavy atom. The number of rotatable bonds is 0. The van der Waals surface area contributed by atoms with Crippen LogP contribution < -0.4 is 5.73 Å². The molecule has 2 heterocycles. The molecule has 2 aromatic rings. The van der Waals surface area contributed by atoms with Crippen molar-refractivity contribution in [3.05, 3.63) is 12.2 Å². The third kappa shape index (κ3) is 4.08. The molecule has 0 bridgehead atoms. The van der Waals surface area contributed by atoms with Gasteiger partial charge in [-0.15, -0.1) is 0 Å². The van der Waals surface area contributed by atoms with E-state index in [1.807, 2.05) is 11.6 Å². The predicted octanol–water partition coefficient (Wildman–Crippen LogP) is 3.69. The highest BCUT2D eigenvalue weighted by atomic mass is 15.1. The van der Waals surface area contributed by atoms with Gasteiger partial charge >= 0.3 is 0 Å².